The number of nitrogens with zero attached hydrogens (tertiary/aromatic N) is 1. The Balaban J connectivity index is 1.70. The van der Waals surface area contributed by atoms with Crippen molar-refractivity contribution in [3.8, 4) is 0 Å². The van der Waals surface area contributed by atoms with Crippen molar-refractivity contribution in [2.75, 3.05) is 10.6 Å². The number of nitrogens with one attached hydrogen (secondary N) is 3. The van der Waals surface area contributed by atoms with Crippen LogP contribution in [0.1, 0.15) is 24.5 Å². The number of carbonyl (C=O) groups excluding carboxylic acids is 2. The van der Waals surface area contributed by atoms with Crippen LogP contribution in [0.5, 0.6) is 0 Å². The third kappa shape index (κ3) is 4.23. The van der Waals surface area contributed by atoms with Crippen molar-refractivity contribution < 1.29 is 9.59 Å². The molecular formula is C19H20N4O2. The first-order chi connectivity index (χ1) is 12.0. The van der Waals surface area contributed by atoms with E-state index in [1.54, 1.807) is 0 Å². The number of urea groups is 1. The summed E-state index contributed by atoms with van der Waals surface area (Å²) in [5, 5.41) is 9.76. The molecule has 0 saturated carbocycles. The van der Waals surface area contributed by atoms with Gasteiger partial charge < -0.3 is 10.6 Å². The molecule has 0 radical (unpaired) electrons. The van der Waals surface area contributed by atoms with E-state index in [1.807, 2.05) is 62.4 Å². The maximum Gasteiger partial charge on any atom is 0.323 e. The van der Waals surface area contributed by atoms with Crippen LogP contribution in [-0.4, -0.2) is 17.6 Å². The van der Waals surface area contributed by atoms with Crippen LogP contribution in [0.25, 0.3) is 0 Å². The van der Waals surface area contributed by atoms with Gasteiger partial charge in [-0.2, -0.15) is 5.10 Å². The molecule has 1 aliphatic heterocycles. The fourth-order valence-electron chi connectivity index (χ4n) is 2.69. The van der Waals surface area contributed by atoms with E-state index in [2.05, 4.69) is 21.2 Å². The quantitative estimate of drug-likeness (QED) is 0.801. The van der Waals surface area contributed by atoms with Crippen molar-refractivity contribution in [3.63, 3.8) is 0 Å². The predicted octanol–water partition coefficient (Wildman–Crippen LogP) is 3.50. The number of aryl methyl sites for hydroxylation is 1. The molecule has 0 aromatic heterocycles. The van der Waals surface area contributed by atoms with E-state index in [0.717, 1.165) is 22.5 Å². The average Bonchev–Trinajstić information content (AvgIpc) is 2.57. The standard InChI is InChI=1S/C19H20N4O2/c1-12-6-8-15(9-7-12)20-19(25)21-16-5-3-4-14(11-16)18-13(2)10-17(24)22-23-18/h3-9,11,13H,10H2,1-2H3,(H,22,24)(H2,20,21,25). The number of rotatable bonds is 3. The molecule has 1 heterocycles. The van der Waals surface area contributed by atoms with E-state index in [0.29, 0.717) is 12.1 Å². The van der Waals surface area contributed by atoms with Gasteiger partial charge >= 0.3 is 6.03 Å². The van der Waals surface area contributed by atoms with E-state index >= 15 is 0 Å². The number of amides is 3. The normalized spacial score (nSPS) is 16.6. The molecule has 3 amide bonds. The maximum atomic E-state index is 12.2. The van der Waals surface area contributed by atoms with Crippen LogP contribution in [-0.2, 0) is 4.79 Å². The highest BCUT2D eigenvalue weighted by Crippen LogP contribution is 2.19. The Labute approximate surface area is 146 Å². The number of hydrogen-bond acceptors (Lipinski definition) is 3. The summed E-state index contributed by atoms with van der Waals surface area (Å²) in [6.07, 6.45) is 0.407. The maximum absolute atomic E-state index is 12.2. The topological polar surface area (TPSA) is 82.6 Å². The molecule has 128 valence electrons. The van der Waals surface area contributed by atoms with Crippen LogP contribution in [0.4, 0.5) is 16.2 Å². The first-order valence-electron chi connectivity index (χ1n) is 8.13. The second-order valence-electron chi connectivity index (χ2n) is 6.16. The zero-order valence-corrected chi connectivity index (χ0v) is 14.2. The Hall–Kier alpha value is -3.15. The summed E-state index contributed by atoms with van der Waals surface area (Å²) in [6, 6.07) is 14.7. The fourth-order valence-corrected chi connectivity index (χ4v) is 2.69. The lowest BCUT2D eigenvalue weighted by Crippen LogP contribution is -2.32. The highest BCUT2D eigenvalue weighted by Gasteiger charge is 2.21. The van der Waals surface area contributed by atoms with Gasteiger partial charge in [0.2, 0.25) is 5.91 Å². The summed E-state index contributed by atoms with van der Waals surface area (Å²) in [4.78, 5) is 23.5. The molecule has 6 nitrogen and oxygen atoms in total. The SMILES string of the molecule is Cc1ccc(NC(=O)Nc2cccc(C3=NNC(=O)CC3C)c2)cc1. The number of hydrazone groups is 1. The van der Waals surface area contributed by atoms with E-state index < -0.39 is 0 Å². The summed E-state index contributed by atoms with van der Waals surface area (Å²) in [6.45, 7) is 3.95. The van der Waals surface area contributed by atoms with Crippen molar-refractivity contribution in [1.29, 1.82) is 0 Å². The lowest BCUT2D eigenvalue weighted by atomic mass is 9.94. The van der Waals surface area contributed by atoms with E-state index in [4.69, 9.17) is 0 Å². The van der Waals surface area contributed by atoms with Gasteiger partial charge in [0.25, 0.3) is 0 Å². The molecule has 0 bridgehead atoms. The molecule has 1 aliphatic rings. The molecular weight excluding hydrogens is 316 g/mol. The Morgan fingerprint density at radius 1 is 1.12 bits per heavy atom. The first-order valence-corrected chi connectivity index (χ1v) is 8.13. The Bertz CT molecular complexity index is 828. The van der Waals surface area contributed by atoms with E-state index in [9.17, 15) is 9.59 Å². The third-order valence-corrected chi connectivity index (χ3v) is 3.99. The largest absolute Gasteiger partial charge is 0.323 e. The summed E-state index contributed by atoms with van der Waals surface area (Å²) >= 11 is 0. The molecule has 3 N–H and O–H groups in total. The monoisotopic (exact) mass is 336 g/mol. The first kappa shape index (κ1) is 16.7. The van der Waals surface area contributed by atoms with E-state index in [1.165, 1.54) is 0 Å². The predicted molar refractivity (Wildman–Crippen MR) is 98.7 cm³/mol. The van der Waals surface area contributed by atoms with Crippen LogP contribution >= 0.6 is 0 Å². The zero-order valence-electron chi connectivity index (χ0n) is 14.2. The van der Waals surface area contributed by atoms with Gasteiger partial charge in [-0.3, -0.25) is 4.79 Å². The van der Waals surface area contributed by atoms with Crippen LogP contribution in [0, 0.1) is 12.8 Å². The van der Waals surface area contributed by atoms with Gasteiger partial charge in [-0.05, 0) is 31.2 Å². The summed E-state index contributed by atoms with van der Waals surface area (Å²) < 4.78 is 0. The highest BCUT2D eigenvalue weighted by atomic mass is 16.2. The molecule has 25 heavy (non-hydrogen) atoms. The second kappa shape index (κ2) is 7.17. The smallest absolute Gasteiger partial charge is 0.308 e. The molecule has 1 atom stereocenters. The minimum atomic E-state index is -0.312. The number of anilines is 2. The van der Waals surface area contributed by atoms with Gasteiger partial charge in [-0.25, -0.2) is 10.2 Å². The molecule has 0 aliphatic carbocycles. The van der Waals surface area contributed by atoms with Crippen LogP contribution < -0.4 is 16.1 Å². The average molecular weight is 336 g/mol. The lowest BCUT2D eigenvalue weighted by Gasteiger charge is -2.19. The van der Waals surface area contributed by atoms with Crippen molar-refractivity contribution in [3.05, 3.63) is 59.7 Å². The zero-order chi connectivity index (χ0) is 17.8. The van der Waals surface area contributed by atoms with Crippen LogP contribution in [0.15, 0.2) is 53.6 Å². The molecule has 3 rings (SSSR count). The van der Waals surface area contributed by atoms with Crippen molar-refractivity contribution in [1.82, 2.24) is 5.43 Å². The van der Waals surface area contributed by atoms with Gasteiger partial charge in [0.1, 0.15) is 0 Å². The lowest BCUT2D eigenvalue weighted by molar-refractivity contribution is -0.121. The Kier molecular flexibility index (Phi) is 4.79. The number of hydrogen-bond donors (Lipinski definition) is 3. The molecule has 2 aromatic carbocycles. The van der Waals surface area contributed by atoms with Gasteiger partial charge in [0.05, 0.1) is 5.71 Å². The molecule has 0 spiro atoms. The van der Waals surface area contributed by atoms with Crippen molar-refractivity contribution >= 4 is 29.0 Å². The molecule has 6 heteroatoms. The minimum absolute atomic E-state index is 0.0328. The van der Waals surface area contributed by atoms with Gasteiger partial charge in [0, 0.05) is 29.3 Å². The number of carbonyl (C=O) groups is 2. The summed E-state index contributed by atoms with van der Waals surface area (Å²) in [5.41, 5.74) is 6.71. The molecule has 2 aromatic rings. The van der Waals surface area contributed by atoms with Crippen LogP contribution in [0.3, 0.4) is 0 Å². The van der Waals surface area contributed by atoms with Crippen molar-refractivity contribution in [2.45, 2.75) is 20.3 Å². The minimum Gasteiger partial charge on any atom is -0.308 e. The highest BCUT2D eigenvalue weighted by molar-refractivity contribution is 6.07. The number of benzene rings is 2. The van der Waals surface area contributed by atoms with Gasteiger partial charge in [0.15, 0.2) is 0 Å². The molecule has 0 fully saturated rings. The third-order valence-electron chi connectivity index (χ3n) is 3.99. The second-order valence-corrected chi connectivity index (χ2v) is 6.16. The van der Waals surface area contributed by atoms with Gasteiger partial charge in [-0.1, -0.05) is 36.8 Å². The van der Waals surface area contributed by atoms with Gasteiger partial charge in [-0.15, -0.1) is 0 Å². The fraction of sp³-hybridized carbons (Fsp3) is 0.211. The van der Waals surface area contributed by atoms with Crippen LogP contribution in [0.2, 0.25) is 0 Å². The van der Waals surface area contributed by atoms with E-state index in [-0.39, 0.29) is 17.9 Å². The molecule has 0 saturated heterocycles. The summed E-state index contributed by atoms with van der Waals surface area (Å²) in [7, 11) is 0. The Morgan fingerprint density at radius 2 is 1.84 bits per heavy atom. The van der Waals surface area contributed by atoms with Crippen molar-refractivity contribution in [2.24, 2.45) is 11.0 Å². The molecule has 1 unspecified atom stereocenters. The Morgan fingerprint density at radius 3 is 2.56 bits per heavy atom. The summed E-state index contributed by atoms with van der Waals surface area (Å²) in [5.74, 6) is -0.0478.